The summed E-state index contributed by atoms with van der Waals surface area (Å²) in [7, 11) is 1.48. The zero-order valence-electron chi connectivity index (χ0n) is 20.8. The van der Waals surface area contributed by atoms with E-state index in [-0.39, 0.29) is 5.75 Å². The Balaban J connectivity index is 1.21. The number of phenolic OH excluding ortho intramolecular Hbond substituents is 1. The molecule has 1 aromatic carbocycles. The maximum absolute atomic E-state index is 13.4. The van der Waals surface area contributed by atoms with Gasteiger partial charge in [0, 0.05) is 25.7 Å². The number of aromatic hydroxyl groups is 1. The Morgan fingerprint density at radius 3 is 2.30 bits per heavy atom. The maximum Gasteiger partial charge on any atom is 0.272 e. The van der Waals surface area contributed by atoms with Gasteiger partial charge in [-0.25, -0.2) is 5.43 Å². The fourth-order valence-corrected chi connectivity index (χ4v) is 6.85. The second kappa shape index (κ2) is 10.2. The van der Waals surface area contributed by atoms with E-state index in [1.54, 1.807) is 12.1 Å². The molecule has 0 radical (unpaired) electrons. The van der Waals surface area contributed by atoms with E-state index < -0.39 is 48.2 Å². The van der Waals surface area contributed by atoms with Crippen molar-refractivity contribution in [2.24, 2.45) is 5.10 Å². The van der Waals surface area contributed by atoms with E-state index in [4.69, 9.17) is 28.4 Å². The highest BCUT2D eigenvalue weighted by Crippen LogP contribution is 2.51. The number of nitrogens with one attached hydrogen (secondary N) is 1. The molecular formula is C26H33IN2O8. The summed E-state index contributed by atoms with van der Waals surface area (Å²) in [5, 5.41) is 14.2. The monoisotopic (exact) mass is 628 g/mol. The standard InChI is InChI=1S/C26H33IN2O8/c1-32-17-13-15(12-16(27)18(17)30)14-28-29-23(31)21-19-20(35-25(34-19)8-4-2-5-9-25)22-24(33-21)37-26(36-22)10-6-3-7-11-26/h12-14,19-22,24,30H,2-11H2,1H3,(H,29,31)/b28-14-. The number of rotatable bonds is 4. The first-order valence-corrected chi connectivity index (χ1v) is 14.2. The predicted molar refractivity (Wildman–Crippen MR) is 139 cm³/mol. The van der Waals surface area contributed by atoms with Gasteiger partial charge in [0.15, 0.2) is 35.5 Å². The molecule has 3 saturated heterocycles. The molecule has 5 aliphatic rings. The van der Waals surface area contributed by atoms with E-state index >= 15 is 0 Å². The molecule has 37 heavy (non-hydrogen) atoms. The van der Waals surface area contributed by atoms with Crippen LogP contribution in [0.15, 0.2) is 17.2 Å². The summed E-state index contributed by atoms with van der Waals surface area (Å²) in [5.41, 5.74) is 3.26. The van der Waals surface area contributed by atoms with Crippen LogP contribution in [0.1, 0.15) is 69.8 Å². The Hall–Kier alpha value is -1.51. The van der Waals surface area contributed by atoms with E-state index in [1.807, 2.05) is 22.6 Å². The number of nitrogens with zero attached hydrogens (tertiary/aromatic N) is 1. The molecule has 11 heteroatoms. The summed E-state index contributed by atoms with van der Waals surface area (Å²) >= 11 is 2.01. The van der Waals surface area contributed by atoms with Crippen LogP contribution in [0.4, 0.5) is 0 Å². The summed E-state index contributed by atoms with van der Waals surface area (Å²) < 4.78 is 38.0. The van der Waals surface area contributed by atoms with Gasteiger partial charge in [-0.1, -0.05) is 12.8 Å². The zero-order valence-corrected chi connectivity index (χ0v) is 23.0. The predicted octanol–water partition coefficient (Wildman–Crippen LogP) is 3.70. The Labute approximate surface area is 229 Å². The molecule has 1 aromatic rings. The van der Waals surface area contributed by atoms with Crippen LogP contribution >= 0.6 is 22.6 Å². The van der Waals surface area contributed by atoms with Gasteiger partial charge >= 0.3 is 0 Å². The third kappa shape index (κ3) is 4.87. The number of benzene rings is 1. The van der Waals surface area contributed by atoms with Crippen molar-refractivity contribution in [2.45, 2.75) is 106 Å². The largest absolute Gasteiger partial charge is 0.504 e. The molecule has 0 aromatic heterocycles. The first-order valence-electron chi connectivity index (χ1n) is 13.2. The maximum atomic E-state index is 13.4. The van der Waals surface area contributed by atoms with Crippen molar-refractivity contribution in [2.75, 3.05) is 7.11 Å². The molecule has 2 spiro atoms. The van der Waals surface area contributed by atoms with E-state index in [0.29, 0.717) is 14.9 Å². The van der Waals surface area contributed by atoms with Crippen molar-refractivity contribution in [3.63, 3.8) is 0 Å². The molecule has 2 N–H and O–H groups in total. The van der Waals surface area contributed by atoms with Crippen LogP contribution in [0.2, 0.25) is 0 Å². The second-order valence-corrected chi connectivity index (χ2v) is 11.7. The quantitative estimate of drug-likeness (QED) is 0.295. The first-order chi connectivity index (χ1) is 17.9. The topological polar surface area (TPSA) is 117 Å². The van der Waals surface area contributed by atoms with Crippen LogP contribution in [0.3, 0.4) is 0 Å². The molecule has 1 amide bonds. The Kier molecular flexibility index (Phi) is 7.12. The van der Waals surface area contributed by atoms with E-state index in [9.17, 15) is 9.90 Å². The van der Waals surface area contributed by atoms with Crippen molar-refractivity contribution in [3.05, 3.63) is 21.3 Å². The van der Waals surface area contributed by atoms with Crippen molar-refractivity contribution in [3.8, 4) is 11.5 Å². The molecule has 5 atom stereocenters. The van der Waals surface area contributed by atoms with Gasteiger partial charge in [-0.2, -0.15) is 5.10 Å². The fourth-order valence-electron chi connectivity index (χ4n) is 6.23. The van der Waals surface area contributed by atoms with Gasteiger partial charge in [-0.3, -0.25) is 4.79 Å². The highest BCUT2D eigenvalue weighted by Gasteiger charge is 2.65. The highest BCUT2D eigenvalue weighted by molar-refractivity contribution is 14.1. The van der Waals surface area contributed by atoms with E-state index in [2.05, 4.69) is 10.5 Å². The molecular weight excluding hydrogens is 595 g/mol. The molecule has 6 rings (SSSR count). The lowest BCUT2D eigenvalue weighted by Gasteiger charge is -2.36. The number of ether oxygens (including phenoxy) is 6. The van der Waals surface area contributed by atoms with E-state index in [0.717, 1.165) is 64.2 Å². The van der Waals surface area contributed by atoms with Crippen LogP contribution in [0.5, 0.6) is 11.5 Å². The number of methoxy groups -OCH3 is 1. The summed E-state index contributed by atoms with van der Waals surface area (Å²) in [6.07, 6.45) is 7.93. The molecule has 10 nitrogen and oxygen atoms in total. The molecule has 5 fully saturated rings. The lowest BCUT2D eigenvalue weighted by atomic mass is 9.94. The zero-order chi connectivity index (χ0) is 25.6. The number of phenols is 1. The summed E-state index contributed by atoms with van der Waals surface area (Å²) in [5.74, 6) is -1.44. The van der Waals surface area contributed by atoms with Crippen molar-refractivity contribution < 1.29 is 38.3 Å². The lowest BCUT2D eigenvalue weighted by molar-refractivity contribution is -0.247. The van der Waals surface area contributed by atoms with Gasteiger partial charge in [0.1, 0.15) is 18.3 Å². The average Bonchev–Trinajstić information content (AvgIpc) is 3.44. The second-order valence-electron chi connectivity index (χ2n) is 10.5. The van der Waals surface area contributed by atoms with Crippen LogP contribution < -0.4 is 10.2 Å². The van der Waals surface area contributed by atoms with Crippen LogP contribution in [-0.2, 0) is 28.5 Å². The molecule has 3 aliphatic heterocycles. The van der Waals surface area contributed by atoms with Gasteiger partial charge in [0.25, 0.3) is 5.91 Å². The number of hydrogen-bond acceptors (Lipinski definition) is 9. The smallest absolute Gasteiger partial charge is 0.272 e. The first kappa shape index (κ1) is 25.8. The number of fused-ring (bicyclic) bond motifs is 3. The van der Waals surface area contributed by atoms with Crippen LogP contribution in [0.25, 0.3) is 0 Å². The normalized spacial score (nSPS) is 33.9. The average molecular weight is 628 g/mol. The van der Waals surface area contributed by atoms with Gasteiger partial charge in [0.2, 0.25) is 0 Å². The van der Waals surface area contributed by atoms with Crippen molar-refractivity contribution in [1.29, 1.82) is 0 Å². The molecule has 0 bridgehead atoms. The summed E-state index contributed by atoms with van der Waals surface area (Å²) in [6.45, 7) is 0. The van der Waals surface area contributed by atoms with Gasteiger partial charge in [0.05, 0.1) is 16.9 Å². The molecule has 202 valence electrons. The molecule has 2 aliphatic carbocycles. The summed E-state index contributed by atoms with van der Waals surface area (Å²) in [6, 6.07) is 3.37. The number of carbonyl (C=O) groups excluding carboxylic acids is 1. The number of hydrogen-bond donors (Lipinski definition) is 2. The molecule has 2 saturated carbocycles. The van der Waals surface area contributed by atoms with Gasteiger partial charge < -0.3 is 33.5 Å². The third-order valence-electron chi connectivity index (χ3n) is 8.03. The number of hydrazone groups is 1. The number of halogens is 1. The SMILES string of the molecule is COc1cc(/C=N\NC(=O)C2OC3OC4(CCCCC4)OC3C3OC4(CCCCC4)OC23)cc(I)c1O. The van der Waals surface area contributed by atoms with Crippen molar-refractivity contribution in [1.82, 2.24) is 5.43 Å². The van der Waals surface area contributed by atoms with E-state index in [1.165, 1.54) is 13.3 Å². The fraction of sp³-hybridized carbons (Fsp3) is 0.692. The van der Waals surface area contributed by atoms with Crippen LogP contribution in [0, 0.1) is 3.57 Å². The highest BCUT2D eigenvalue weighted by atomic mass is 127. The third-order valence-corrected chi connectivity index (χ3v) is 8.85. The van der Waals surface area contributed by atoms with Gasteiger partial charge in [-0.05, 0) is 66.0 Å². The lowest BCUT2D eigenvalue weighted by Crippen LogP contribution is -2.59. The van der Waals surface area contributed by atoms with Crippen molar-refractivity contribution >= 4 is 34.7 Å². The Morgan fingerprint density at radius 1 is 1.00 bits per heavy atom. The Morgan fingerprint density at radius 2 is 1.62 bits per heavy atom. The van der Waals surface area contributed by atoms with Gasteiger partial charge in [-0.15, -0.1) is 0 Å². The number of amides is 1. The minimum atomic E-state index is -0.957. The van der Waals surface area contributed by atoms with Crippen LogP contribution in [-0.4, -0.2) is 66.6 Å². The Bertz CT molecular complexity index is 1060. The molecule has 5 unspecified atom stereocenters. The minimum Gasteiger partial charge on any atom is -0.504 e. The summed E-state index contributed by atoms with van der Waals surface area (Å²) in [4.78, 5) is 13.4. The number of carbonyl (C=O) groups is 1. The minimum absolute atomic E-state index is 0.0602. The molecule has 3 heterocycles.